The van der Waals surface area contributed by atoms with Gasteiger partial charge in [-0.3, -0.25) is 0 Å². The molecule has 0 unspecified atom stereocenters. The number of hydrogen-bond acceptors (Lipinski definition) is 1. The average molecular weight is 559 g/mol. The van der Waals surface area contributed by atoms with Gasteiger partial charge in [0.05, 0.1) is 20.8 Å². The maximum Gasteiger partial charge on any atom is 0.0645 e. The lowest BCUT2D eigenvalue weighted by atomic mass is 9.97. The van der Waals surface area contributed by atoms with Crippen LogP contribution in [0.2, 0.25) is 0 Å². The van der Waals surface area contributed by atoms with E-state index in [2.05, 4.69) is 0 Å². The SMILES string of the molecule is [2H]c1c([2H])c(N(c2cccc(-c3cccc4ccccc34)c2)c2c([2H])c([2H])c([2H])c3c([2H])c([2H])c([2H])c([2H])c23)c([2H])c([2H])c1-c1ccc2ccccc2c1. The van der Waals surface area contributed by atoms with E-state index in [9.17, 15) is 6.85 Å². The zero-order valence-corrected chi connectivity index (χ0v) is 22.8. The summed E-state index contributed by atoms with van der Waals surface area (Å²) in [7, 11) is 0. The van der Waals surface area contributed by atoms with Gasteiger partial charge < -0.3 is 4.90 Å². The van der Waals surface area contributed by atoms with Crippen LogP contribution in [-0.4, -0.2) is 0 Å². The molecule has 0 saturated carbocycles. The minimum atomic E-state index is -0.624. The molecule has 0 fully saturated rings. The number of rotatable bonds is 5. The Balaban J connectivity index is 1.49. The molecule has 202 valence electrons. The zero-order chi connectivity index (χ0) is 38.2. The van der Waals surface area contributed by atoms with Crippen molar-refractivity contribution >= 4 is 49.4 Å². The predicted molar refractivity (Wildman–Crippen MR) is 185 cm³/mol. The molecule has 0 aliphatic rings. The van der Waals surface area contributed by atoms with Crippen LogP contribution in [0.25, 0.3) is 54.6 Å². The Morgan fingerprint density at radius 3 is 2.05 bits per heavy atom. The zero-order valence-electron chi connectivity index (χ0n) is 33.8. The third-order valence-corrected chi connectivity index (χ3v) is 7.59. The van der Waals surface area contributed by atoms with E-state index < -0.39 is 54.4 Å². The maximum atomic E-state index is 9.46. The monoisotopic (exact) mass is 558 g/mol. The minimum absolute atomic E-state index is 0.0597. The first kappa shape index (κ1) is 16.1. The first-order valence-corrected chi connectivity index (χ1v) is 13.9. The fourth-order valence-electron chi connectivity index (χ4n) is 5.53. The summed E-state index contributed by atoms with van der Waals surface area (Å²) in [5.74, 6) is 0. The van der Waals surface area contributed by atoms with Crippen LogP contribution in [0.4, 0.5) is 17.1 Å². The first-order chi connectivity index (χ1) is 25.9. The normalized spacial score (nSPS) is 14.8. The molecule has 0 heterocycles. The molecule has 0 aliphatic heterocycles. The van der Waals surface area contributed by atoms with Crippen LogP contribution < -0.4 is 4.90 Å². The van der Waals surface area contributed by atoms with E-state index >= 15 is 0 Å². The summed E-state index contributed by atoms with van der Waals surface area (Å²) in [5.41, 5.74) is 1.77. The summed E-state index contributed by atoms with van der Waals surface area (Å²) in [6, 6.07) is 27.9. The highest BCUT2D eigenvalue weighted by atomic mass is 15.1. The molecule has 1 nitrogen and oxygen atoms in total. The number of hydrogen-bond donors (Lipinski definition) is 0. The summed E-state index contributed by atoms with van der Waals surface area (Å²) in [5, 5.41) is 3.17. The van der Waals surface area contributed by atoms with Crippen LogP contribution in [0, 0.1) is 0 Å². The van der Waals surface area contributed by atoms with Gasteiger partial charge in [0.1, 0.15) is 0 Å². The van der Waals surface area contributed by atoms with E-state index in [-0.39, 0.29) is 45.5 Å². The lowest BCUT2D eigenvalue weighted by molar-refractivity contribution is 1.30. The molecule has 1 heteroatoms. The minimum Gasteiger partial charge on any atom is -0.310 e. The lowest BCUT2D eigenvalue weighted by Gasteiger charge is -2.27. The van der Waals surface area contributed by atoms with Crippen molar-refractivity contribution in [3.63, 3.8) is 0 Å². The maximum absolute atomic E-state index is 9.46. The van der Waals surface area contributed by atoms with Crippen molar-refractivity contribution in [2.75, 3.05) is 4.90 Å². The van der Waals surface area contributed by atoms with Gasteiger partial charge >= 0.3 is 0 Å². The van der Waals surface area contributed by atoms with Crippen molar-refractivity contribution in [1.29, 1.82) is 0 Å². The Hall–Kier alpha value is -5.66. The lowest BCUT2D eigenvalue weighted by Crippen LogP contribution is -2.10. The van der Waals surface area contributed by atoms with Crippen LogP contribution in [0.1, 0.15) is 15.1 Å². The largest absolute Gasteiger partial charge is 0.310 e. The molecule has 0 N–H and O–H groups in total. The molecular formula is C42H29N. The molecule has 8 rings (SSSR count). The summed E-state index contributed by atoms with van der Waals surface area (Å²) < 4.78 is 98.9. The van der Waals surface area contributed by atoms with E-state index in [0.29, 0.717) is 11.1 Å². The van der Waals surface area contributed by atoms with Gasteiger partial charge in [0.2, 0.25) is 0 Å². The van der Waals surface area contributed by atoms with E-state index in [1.165, 1.54) is 4.90 Å². The summed E-state index contributed by atoms with van der Waals surface area (Å²) in [6.45, 7) is 0. The molecule has 0 aliphatic carbocycles. The second-order valence-electron chi connectivity index (χ2n) is 10.2. The summed E-state index contributed by atoms with van der Waals surface area (Å²) in [4.78, 5) is 1.28. The topological polar surface area (TPSA) is 3.24 Å². The average Bonchev–Trinajstić information content (AvgIpc) is 3.19. The van der Waals surface area contributed by atoms with Crippen LogP contribution in [-0.2, 0) is 0 Å². The first-order valence-electron chi connectivity index (χ1n) is 19.4. The number of fused-ring (bicyclic) bond motifs is 3. The highest BCUT2D eigenvalue weighted by molar-refractivity contribution is 6.01. The number of anilines is 3. The van der Waals surface area contributed by atoms with Crippen molar-refractivity contribution in [3.05, 3.63) is 176 Å². The molecular weight excluding hydrogens is 518 g/mol. The van der Waals surface area contributed by atoms with Crippen molar-refractivity contribution in [1.82, 2.24) is 0 Å². The Morgan fingerprint density at radius 2 is 1.14 bits per heavy atom. The second-order valence-corrected chi connectivity index (χ2v) is 10.2. The van der Waals surface area contributed by atoms with E-state index in [0.717, 1.165) is 27.1 Å². The molecule has 0 atom stereocenters. The molecule has 0 spiro atoms. The molecule has 0 saturated heterocycles. The van der Waals surface area contributed by atoms with Crippen LogP contribution >= 0.6 is 0 Å². The predicted octanol–water partition coefficient (Wildman–Crippen LogP) is 11.9. The fraction of sp³-hybridized carbons (Fsp3) is 0. The quantitative estimate of drug-likeness (QED) is 0.203. The smallest absolute Gasteiger partial charge is 0.0645 e. The molecule has 0 radical (unpaired) electrons. The molecule has 0 bridgehead atoms. The third-order valence-electron chi connectivity index (χ3n) is 7.59. The molecule has 43 heavy (non-hydrogen) atoms. The highest BCUT2D eigenvalue weighted by Crippen LogP contribution is 2.41. The Labute approximate surface area is 267 Å². The standard InChI is InChI=1S/C42H29N/c1-2-13-34-28-35(23-22-30(34)10-1)31-24-26-37(27-25-31)43(42-21-9-15-33-12-4-6-19-41(33)42)38-17-7-16-36(29-38)40-20-8-14-32-11-3-5-18-39(32)40/h1-29H/i4D,6D,9D,12D,15D,19D,21D,24D,25D,26D,27D. The van der Waals surface area contributed by atoms with Gasteiger partial charge in [0.15, 0.2) is 0 Å². The van der Waals surface area contributed by atoms with E-state index in [4.69, 9.17) is 8.22 Å². The van der Waals surface area contributed by atoms with Crippen molar-refractivity contribution in [3.8, 4) is 22.3 Å². The summed E-state index contributed by atoms with van der Waals surface area (Å²) in [6.07, 6.45) is 0. The Morgan fingerprint density at radius 1 is 0.395 bits per heavy atom. The van der Waals surface area contributed by atoms with Gasteiger partial charge in [-0.1, -0.05) is 139 Å². The number of nitrogens with zero attached hydrogens (tertiary/aromatic N) is 1. The van der Waals surface area contributed by atoms with Crippen LogP contribution in [0.3, 0.4) is 0 Å². The van der Waals surface area contributed by atoms with E-state index in [1.807, 2.05) is 78.9 Å². The van der Waals surface area contributed by atoms with Gasteiger partial charge in [-0.15, -0.1) is 0 Å². The molecule has 8 aromatic rings. The third kappa shape index (κ3) is 4.62. The summed E-state index contributed by atoms with van der Waals surface area (Å²) >= 11 is 0. The van der Waals surface area contributed by atoms with Gasteiger partial charge in [-0.05, 0) is 85.5 Å². The van der Waals surface area contributed by atoms with Gasteiger partial charge in [0.25, 0.3) is 0 Å². The van der Waals surface area contributed by atoms with Crippen molar-refractivity contribution in [2.24, 2.45) is 0 Å². The van der Waals surface area contributed by atoms with Crippen LogP contribution in [0.15, 0.2) is 176 Å². The second kappa shape index (κ2) is 10.6. The molecule has 0 amide bonds. The Bertz CT molecular complexity index is 2830. The molecule has 0 aromatic heterocycles. The van der Waals surface area contributed by atoms with Gasteiger partial charge in [-0.25, -0.2) is 0 Å². The van der Waals surface area contributed by atoms with Crippen molar-refractivity contribution < 1.29 is 15.1 Å². The highest BCUT2D eigenvalue weighted by Gasteiger charge is 2.17. The van der Waals surface area contributed by atoms with Crippen LogP contribution in [0.5, 0.6) is 0 Å². The van der Waals surface area contributed by atoms with Crippen molar-refractivity contribution in [2.45, 2.75) is 0 Å². The Kier molecular flexibility index (Phi) is 3.98. The molecule has 8 aromatic carbocycles. The van der Waals surface area contributed by atoms with Gasteiger partial charge in [-0.2, -0.15) is 0 Å². The van der Waals surface area contributed by atoms with E-state index in [1.54, 1.807) is 30.3 Å². The number of benzene rings is 8. The van der Waals surface area contributed by atoms with Gasteiger partial charge in [0, 0.05) is 16.8 Å². The fourth-order valence-corrected chi connectivity index (χ4v) is 5.53.